The van der Waals surface area contributed by atoms with Crippen LogP contribution in [0.4, 0.5) is 8.78 Å². The molecule has 0 N–H and O–H groups in total. The van der Waals surface area contributed by atoms with Gasteiger partial charge in [0.1, 0.15) is 5.69 Å². The zero-order valence-electron chi connectivity index (χ0n) is 11.9. The van der Waals surface area contributed by atoms with Gasteiger partial charge in [-0.25, -0.2) is 22.8 Å². The Hall–Kier alpha value is -2.31. The summed E-state index contributed by atoms with van der Waals surface area (Å²) in [5.74, 6) is -2.36. The van der Waals surface area contributed by atoms with Gasteiger partial charge >= 0.3 is 5.69 Å². The summed E-state index contributed by atoms with van der Waals surface area (Å²) in [7, 11) is 0. The molecule has 5 nitrogen and oxygen atoms in total. The first-order chi connectivity index (χ1) is 9.86. The van der Waals surface area contributed by atoms with Crippen molar-refractivity contribution in [1.29, 1.82) is 0 Å². The fourth-order valence-electron chi connectivity index (χ4n) is 1.95. The minimum Gasteiger partial charge on any atom is -0.267 e. The fraction of sp³-hybridized carbons (Fsp3) is 0.357. The van der Waals surface area contributed by atoms with E-state index in [1.54, 1.807) is 20.8 Å². The van der Waals surface area contributed by atoms with Gasteiger partial charge in [-0.05, 0) is 19.1 Å². The van der Waals surface area contributed by atoms with Crippen LogP contribution in [0.15, 0.2) is 27.8 Å². The molecule has 0 aliphatic carbocycles. The molecular weight excluding hydrogens is 280 g/mol. The molecule has 1 aromatic heterocycles. The highest BCUT2D eigenvalue weighted by Gasteiger charge is 2.17. The Morgan fingerprint density at radius 2 is 1.86 bits per heavy atom. The topological polar surface area (TPSA) is 56.9 Å². The van der Waals surface area contributed by atoms with Crippen LogP contribution in [0.5, 0.6) is 0 Å². The van der Waals surface area contributed by atoms with Crippen LogP contribution in [-0.4, -0.2) is 14.3 Å². The lowest BCUT2D eigenvalue weighted by atomic mass is 10.1. The Morgan fingerprint density at radius 3 is 2.38 bits per heavy atom. The molecule has 21 heavy (non-hydrogen) atoms. The predicted molar refractivity (Wildman–Crippen MR) is 73.8 cm³/mol. The van der Waals surface area contributed by atoms with Gasteiger partial charge in [0.2, 0.25) is 0 Å². The van der Waals surface area contributed by atoms with E-state index in [4.69, 9.17) is 0 Å². The van der Waals surface area contributed by atoms with E-state index in [-0.39, 0.29) is 23.8 Å². The van der Waals surface area contributed by atoms with Crippen LogP contribution in [0.25, 0.3) is 5.69 Å². The molecule has 0 saturated carbocycles. The van der Waals surface area contributed by atoms with Gasteiger partial charge in [-0.2, -0.15) is 5.10 Å². The van der Waals surface area contributed by atoms with Crippen molar-refractivity contribution in [3.63, 3.8) is 0 Å². The van der Waals surface area contributed by atoms with Crippen LogP contribution in [0.3, 0.4) is 0 Å². The molecule has 0 radical (unpaired) electrons. The lowest BCUT2D eigenvalue weighted by Crippen LogP contribution is -2.42. The number of halogens is 2. The van der Waals surface area contributed by atoms with E-state index in [0.29, 0.717) is 0 Å². The van der Waals surface area contributed by atoms with Crippen LogP contribution in [-0.2, 0) is 6.54 Å². The van der Waals surface area contributed by atoms with Crippen LogP contribution in [0.2, 0.25) is 0 Å². The quantitative estimate of drug-likeness (QED) is 0.868. The largest absolute Gasteiger partial charge is 0.352 e. The van der Waals surface area contributed by atoms with Crippen molar-refractivity contribution in [2.75, 3.05) is 0 Å². The Kier molecular flexibility index (Phi) is 4.02. The van der Waals surface area contributed by atoms with Crippen molar-refractivity contribution < 1.29 is 8.78 Å². The van der Waals surface area contributed by atoms with Crippen LogP contribution < -0.4 is 11.2 Å². The van der Waals surface area contributed by atoms with Crippen LogP contribution in [0, 0.1) is 11.6 Å². The summed E-state index contributed by atoms with van der Waals surface area (Å²) < 4.78 is 28.3. The normalized spacial score (nSPS) is 11.1. The summed E-state index contributed by atoms with van der Waals surface area (Å²) in [6.45, 7) is 5.51. The van der Waals surface area contributed by atoms with Gasteiger partial charge in [-0.15, -0.1) is 0 Å². The predicted octanol–water partition coefficient (Wildman–Crippen LogP) is 1.82. The minimum absolute atomic E-state index is 0.0181. The number of nitrogens with zero attached hydrogens (tertiary/aromatic N) is 3. The lowest BCUT2D eigenvalue weighted by molar-refractivity contribution is 0.504. The Labute approximate surface area is 119 Å². The van der Waals surface area contributed by atoms with Gasteiger partial charge in [0.15, 0.2) is 11.6 Å². The SMILES string of the molecule is CCn1nc(C(C)C)c(=O)n(-c2ccc(F)c(F)c2)c1=O. The third-order valence-electron chi connectivity index (χ3n) is 3.07. The van der Waals surface area contributed by atoms with E-state index in [1.807, 2.05) is 0 Å². The molecule has 0 bridgehead atoms. The summed E-state index contributed by atoms with van der Waals surface area (Å²) in [5, 5.41) is 4.02. The monoisotopic (exact) mass is 295 g/mol. The third-order valence-corrected chi connectivity index (χ3v) is 3.07. The minimum atomic E-state index is -1.12. The van der Waals surface area contributed by atoms with Gasteiger partial charge in [0, 0.05) is 18.5 Å². The molecule has 2 aromatic rings. The summed E-state index contributed by atoms with van der Waals surface area (Å²) in [6.07, 6.45) is 0. The molecule has 0 atom stereocenters. The maximum atomic E-state index is 13.4. The molecule has 7 heteroatoms. The van der Waals surface area contributed by atoms with Crippen molar-refractivity contribution >= 4 is 0 Å². The van der Waals surface area contributed by atoms with E-state index in [9.17, 15) is 18.4 Å². The van der Waals surface area contributed by atoms with Gasteiger partial charge in [-0.1, -0.05) is 13.8 Å². The molecule has 0 fully saturated rings. The van der Waals surface area contributed by atoms with E-state index < -0.39 is 22.9 Å². The molecule has 0 spiro atoms. The van der Waals surface area contributed by atoms with Crippen molar-refractivity contribution in [3.05, 3.63) is 56.4 Å². The molecule has 0 unspecified atom stereocenters. The summed E-state index contributed by atoms with van der Waals surface area (Å²) in [5.41, 5.74) is -1.12. The Bertz CT molecular complexity index is 794. The van der Waals surface area contributed by atoms with E-state index in [2.05, 4.69) is 5.10 Å². The number of benzene rings is 1. The van der Waals surface area contributed by atoms with E-state index >= 15 is 0 Å². The molecular formula is C14H15F2N3O2. The van der Waals surface area contributed by atoms with Gasteiger partial charge in [-0.3, -0.25) is 4.79 Å². The standard InChI is InChI=1S/C14H15F2N3O2/c1-4-18-14(21)19(13(20)12(17-18)8(2)3)9-5-6-10(15)11(16)7-9/h5-8H,4H2,1-3H3. The molecule has 0 saturated heterocycles. The Balaban J connectivity index is 2.84. The lowest BCUT2D eigenvalue weighted by Gasteiger charge is -2.12. The van der Waals surface area contributed by atoms with Gasteiger partial charge in [0.25, 0.3) is 5.56 Å². The first-order valence-corrected chi connectivity index (χ1v) is 6.56. The van der Waals surface area contributed by atoms with E-state index in [0.717, 1.165) is 21.4 Å². The highest BCUT2D eigenvalue weighted by atomic mass is 19.2. The number of aryl methyl sites for hydroxylation is 1. The fourth-order valence-corrected chi connectivity index (χ4v) is 1.95. The molecule has 112 valence electrons. The number of hydrogen-bond acceptors (Lipinski definition) is 3. The average molecular weight is 295 g/mol. The van der Waals surface area contributed by atoms with Gasteiger partial charge in [0.05, 0.1) is 5.69 Å². The maximum Gasteiger partial charge on any atom is 0.352 e. The summed E-state index contributed by atoms with van der Waals surface area (Å²) in [6, 6.07) is 2.88. The van der Waals surface area contributed by atoms with E-state index in [1.165, 1.54) is 6.07 Å². The first kappa shape index (κ1) is 15.1. The highest BCUT2D eigenvalue weighted by Crippen LogP contribution is 2.11. The Morgan fingerprint density at radius 1 is 1.19 bits per heavy atom. The summed E-state index contributed by atoms with van der Waals surface area (Å²) >= 11 is 0. The molecule has 1 heterocycles. The molecule has 1 aromatic carbocycles. The second kappa shape index (κ2) is 5.59. The zero-order chi connectivity index (χ0) is 15.7. The summed E-state index contributed by atoms with van der Waals surface area (Å²) in [4.78, 5) is 24.6. The second-order valence-electron chi connectivity index (χ2n) is 4.88. The maximum absolute atomic E-state index is 13.4. The smallest absolute Gasteiger partial charge is 0.267 e. The van der Waals surface area contributed by atoms with Crippen molar-refractivity contribution in [2.45, 2.75) is 33.2 Å². The van der Waals surface area contributed by atoms with Crippen molar-refractivity contribution in [2.24, 2.45) is 0 Å². The van der Waals surface area contributed by atoms with Crippen LogP contribution >= 0.6 is 0 Å². The number of aromatic nitrogens is 3. The second-order valence-corrected chi connectivity index (χ2v) is 4.88. The molecule has 0 amide bonds. The average Bonchev–Trinajstić information content (AvgIpc) is 2.42. The molecule has 2 rings (SSSR count). The van der Waals surface area contributed by atoms with Crippen molar-refractivity contribution in [3.8, 4) is 5.69 Å². The molecule has 0 aliphatic heterocycles. The third kappa shape index (κ3) is 2.63. The number of rotatable bonds is 3. The first-order valence-electron chi connectivity index (χ1n) is 6.56. The molecule has 0 aliphatic rings. The van der Waals surface area contributed by atoms with Crippen LogP contribution in [0.1, 0.15) is 32.4 Å². The highest BCUT2D eigenvalue weighted by molar-refractivity contribution is 5.33. The van der Waals surface area contributed by atoms with Gasteiger partial charge < -0.3 is 0 Å². The number of hydrogen-bond donors (Lipinski definition) is 0. The van der Waals surface area contributed by atoms with Crippen molar-refractivity contribution in [1.82, 2.24) is 14.3 Å². The zero-order valence-corrected chi connectivity index (χ0v) is 11.9.